The summed E-state index contributed by atoms with van der Waals surface area (Å²) in [6, 6.07) is 6.54. The molecule has 0 saturated heterocycles. The summed E-state index contributed by atoms with van der Waals surface area (Å²) in [6.45, 7) is 1.08. The van der Waals surface area contributed by atoms with Gasteiger partial charge < -0.3 is 5.32 Å². The lowest BCUT2D eigenvalue weighted by atomic mass is 9.96. The monoisotopic (exact) mass is 225 g/mol. The van der Waals surface area contributed by atoms with Crippen LogP contribution >= 0.6 is 0 Å². The van der Waals surface area contributed by atoms with Gasteiger partial charge in [-0.15, -0.1) is 0 Å². The maximum Gasteiger partial charge on any atom is 0.115 e. The zero-order valence-corrected chi connectivity index (χ0v) is 9.69. The van der Waals surface area contributed by atoms with E-state index in [2.05, 4.69) is 33.5 Å². The lowest BCUT2D eigenvalue weighted by Gasteiger charge is -2.21. The third-order valence-electron chi connectivity index (χ3n) is 3.17. The molecule has 0 fully saturated rings. The highest BCUT2D eigenvalue weighted by atomic mass is 14.9. The average Bonchev–Trinajstić information content (AvgIpc) is 2.40. The van der Waals surface area contributed by atoms with Crippen molar-refractivity contribution < 1.29 is 0 Å². The summed E-state index contributed by atoms with van der Waals surface area (Å²) in [7, 11) is 0. The SMILES string of the molecule is c1cc2c(c(Cc3cncnc3)c1)NCCC2. The molecule has 0 aliphatic carbocycles. The first-order chi connectivity index (χ1) is 8.43. The first-order valence-electron chi connectivity index (χ1n) is 6.02. The molecule has 2 heterocycles. The minimum absolute atomic E-state index is 0.900. The fourth-order valence-electron chi connectivity index (χ4n) is 2.37. The van der Waals surface area contributed by atoms with Crippen molar-refractivity contribution in [3.05, 3.63) is 53.6 Å². The van der Waals surface area contributed by atoms with E-state index in [0.717, 1.165) is 18.5 Å². The highest BCUT2D eigenvalue weighted by Gasteiger charge is 2.12. The van der Waals surface area contributed by atoms with Crippen LogP contribution in [0.3, 0.4) is 0 Å². The molecule has 0 radical (unpaired) electrons. The van der Waals surface area contributed by atoms with Gasteiger partial charge in [-0.2, -0.15) is 0 Å². The molecule has 0 saturated carbocycles. The molecule has 0 unspecified atom stereocenters. The fourth-order valence-corrected chi connectivity index (χ4v) is 2.37. The van der Waals surface area contributed by atoms with Gasteiger partial charge in [0.2, 0.25) is 0 Å². The maximum absolute atomic E-state index is 4.06. The van der Waals surface area contributed by atoms with Crippen molar-refractivity contribution in [3.63, 3.8) is 0 Å². The lowest BCUT2D eigenvalue weighted by Crippen LogP contribution is -2.13. The Morgan fingerprint density at radius 2 is 2.06 bits per heavy atom. The number of aromatic nitrogens is 2. The third kappa shape index (κ3) is 2.13. The fraction of sp³-hybridized carbons (Fsp3) is 0.286. The number of rotatable bonds is 2. The molecule has 3 heteroatoms. The van der Waals surface area contributed by atoms with Crippen LogP contribution in [0.25, 0.3) is 0 Å². The Hall–Kier alpha value is -1.90. The van der Waals surface area contributed by atoms with E-state index >= 15 is 0 Å². The molecule has 0 spiro atoms. The number of para-hydroxylation sites is 1. The number of anilines is 1. The van der Waals surface area contributed by atoms with Crippen LogP contribution in [0.4, 0.5) is 5.69 Å². The second-order valence-electron chi connectivity index (χ2n) is 4.41. The maximum atomic E-state index is 4.06. The van der Waals surface area contributed by atoms with Gasteiger partial charge in [-0.1, -0.05) is 18.2 Å². The molecule has 1 aromatic carbocycles. The van der Waals surface area contributed by atoms with Crippen molar-refractivity contribution in [2.45, 2.75) is 19.3 Å². The number of hydrogen-bond donors (Lipinski definition) is 1. The highest BCUT2D eigenvalue weighted by molar-refractivity contribution is 5.60. The number of hydrogen-bond acceptors (Lipinski definition) is 3. The summed E-state index contributed by atoms with van der Waals surface area (Å²) >= 11 is 0. The minimum atomic E-state index is 0.900. The Kier molecular flexibility index (Phi) is 2.74. The van der Waals surface area contributed by atoms with Crippen molar-refractivity contribution in [2.24, 2.45) is 0 Å². The summed E-state index contributed by atoms with van der Waals surface area (Å²) in [5.74, 6) is 0. The summed E-state index contributed by atoms with van der Waals surface area (Å²) in [5, 5.41) is 3.51. The van der Waals surface area contributed by atoms with Crippen LogP contribution in [0.1, 0.15) is 23.1 Å². The van der Waals surface area contributed by atoms with E-state index in [1.165, 1.54) is 29.7 Å². The molecular formula is C14H15N3. The summed E-state index contributed by atoms with van der Waals surface area (Å²) in [6.07, 6.45) is 8.65. The molecule has 3 nitrogen and oxygen atoms in total. The molecule has 0 bridgehead atoms. The zero-order chi connectivity index (χ0) is 11.5. The van der Waals surface area contributed by atoms with Gasteiger partial charge in [0, 0.05) is 31.0 Å². The Balaban J connectivity index is 1.93. The predicted octanol–water partition coefficient (Wildman–Crippen LogP) is 2.43. The van der Waals surface area contributed by atoms with E-state index in [1.54, 1.807) is 6.33 Å². The largest absolute Gasteiger partial charge is 0.385 e. The van der Waals surface area contributed by atoms with Crippen LogP contribution < -0.4 is 5.32 Å². The number of benzene rings is 1. The average molecular weight is 225 g/mol. The number of nitrogens with one attached hydrogen (secondary N) is 1. The van der Waals surface area contributed by atoms with E-state index < -0.39 is 0 Å². The standard InChI is InChI=1S/C14H15N3/c1-3-12-5-2-6-17-14(12)13(4-1)7-11-8-15-10-16-9-11/h1,3-4,8-10,17H,2,5-7H2. The van der Waals surface area contributed by atoms with Crippen molar-refractivity contribution in [1.82, 2.24) is 9.97 Å². The van der Waals surface area contributed by atoms with Gasteiger partial charge in [0.05, 0.1) is 0 Å². The van der Waals surface area contributed by atoms with Gasteiger partial charge in [0.1, 0.15) is 6.33 Å². The molecular weight excluding hydrogens is 210 g/mol. The molecule has 2 aromatic rings. The van der Waals surface area contributed by atoms with Gasteiger partial charge in [0.25, 0.3) is 0 Å². The quantitative estimate of drug-likeness (QED) is 0.853. The molecule has 1 aliphatic rings. The van der Waals surface area contributed by atoms with E-state index in [4.69, 9.17) is 0 Å². The van der Waals surface area contributed by atoms with Crippen molar-refractivity contribution in [3.8, 4) is 0 Å². The second-order valence-corrected chi connectivity index (χ2v) is 4.41. The normalized spacial score (nSPS) is 13.9. The molecule has 0 amide bonds. The van der Waals surface area contributed by atoms with E-state index in [-0.39, 0.29) is 0 Å². The Bertz CT molecular complexity index is 508. The van der Waals surface area contributed by atoms with E-state index in [9.17, 15) is 0 Å². The van der Waals surface area contributed by atoms with Crippen LogP contribution in [0.5, 0.6) is 0 Å². The smallest absolute Gasteiger partial charge is 0.115 e. The van der Waals surface area contributed by atoms with E-state index in [0.29, 0.717) is 0 Å². The van der Waals surface area contributed by atoms with Gasteiger partial charge in [-0.3, -0.25) is 0 Å². The van der Waals surface area contributed by atoms with Gasteiger partial charge in [-0.05, 0) is 29.5 Å². The van der Waals surface area contributed by atoms with Gasteiger partial charge >= 0.3 is 0 Å². The topological polar surface area (TPSA) is 37.8 Å². The molecule has 1 aromatic heterocycles. The Morgan fingerprint density at radius 3 is 2.94 bits per heavy atom. The molecule has 1 N–H and O–H groups in total. The second kappa shape index (κ2) is 4.53. The molecule has 86 valence electrons. The number of nitrogens with zero attached hydrogens (tertiary/aromatic N) is 2. The third-order valence-corrected chi connectivity index (χ3v) is 3.17. The van der Waals surface area contributed by atoms with E-state index in [1.807, 2.05) is 12.4 Å². The molecule has 1 aliphatic heterocycles. The van der Waals surface area contributed by atoms with Gasteiger partial charge in [0.15, 0.2) is 0 Å². The minimum Gasteiger partial charge on any atom is -0.385 e. The van der Waals surface area contributed by atoms with Crippen LogP contribution in [0.2, 0.25) is 0 Å². The lowest BCUT2D eigenvalue weighted by molar-refractivity contribution is 0.825. The van der Waals surface area contributed by atoms with Crippen molar-refractivity contribution >= 4 is 5.69 Å². The first kappa shape index (κ1) is 10.3. The summed E-state index contributed by atoms with van der Waals surface area (Å²) in [4.78, 5) is 8.12. The first-order valence-corrected chi connectivity index (χ1v) is 6.02. The summed E-state index contributed by atoms with van der Waals surface area (Å²) < 4.78 is 0. The van der Waals surface area contributed by atoms with Crippen LogP contribution in [-0.2, 0) is 12.8 Å². The highest BCUT2D eigenvalue weighted by Crippen LogP contribution is 2.27. The molecule has 0 atom stereocenters. The molecule has 3 rings (SSSR count). The Labute approximate surface area is 101 Å². The number of aryl methyl sites for hydroxylation is 1. The van der Waals surface area contributed by atoms with Crippen molar-refractivity contribution in [1.29, 1.82) is 0 Å². The number of fused-ring (bicyclic) bond motifs is 1. The van der Waals surface area contributed by atoms with Gasteiger partial charge in [-0.25, -0.2) is 9.97 Å². The Morgan fingerprint density at radius 1 is 1.18 bits per heavy atom. The predicted molar refractivity (Wildman–Crippen MR) is 68.1 cm³/mol. The van der Waals surface area contributed by atoms with Crippen molar-refractivity contribution in [2.75, 3.05) is 11.9 Å². The van der Waals surface area contributed by atoms with Crippen LogP contribution in [0.15, 0.2) is 36.9 Å². The van der Waals surface area contributed by atoms with Crippen LogP contribution in [-0.4, -0.2) is 16.5 Å². The van der Waals surface area contributed by atoms with Crippen LogP contribution in [0, 0.1) is 0 Å². The summed E-state index contributed by atoms with van der Waals surface area (Å²) in [5.41, 5.74) is 5.26. The molecule has 17 heavy (non-hydrogen) atoms. The zero-order valence-electron chi connectivity index (χ0n) is 9.69.